The zero-order chi connectivity index (χ0) is 14.4. The molecule has 0 aromatic heterocycles. The molecule has 0 bridgehead atoms. The van der Waals surface area contributed by atoms with E-state index in [0.29, 0.717) is 0 Å². The molecular weight excluding hydrogens is 252 g/mol. The van der Waals surface area contributed by atoms with E-state index in [1.54, 1.807) is 7.11 Å². The van der Waals surface area contributed by atoms with Crippen LogP contribution in [0.4, 0.5) is 0 Å². The molecule has 1 N–H and O–H groups in total. The highest BCUT2D eigenvalue weighted by Crippen LogP contribution is 2.20. The minimum absolute atomic E-state index is 0.191. The number of rotatable bonds is 5. The van der Waals surface area contributed by atoms with Crippen LogP contribution in [0.1, 0.15) is 25.3 Å². The molecule has 0 unspecified atom stereocenters. The van der Waals surface area contributed by atoms with Crippen LogP contribution < -0.4 is 10.1 Å². The lowest BCUT2D eigenvalue weighted by atomic mass is 9.95. The van der Waals surface area contributed by atoms with Crippen molar-refractivity contribution in [2.45, 2.75) is 26.3 Å². The Balaban J connectivity index is 1.83. The van der Waals surface area contributed by atoms with Crippen molar-refractivity contribution >= 4 is 5.91 Å². The number of piperidine rings is 1. The molecule has 1 heterocycles. The molecule has 1 fully saturated rings. The van der Waals surface area contributed by atoms with E-state index in [4.69, 9.17) is 4.74 Å². The molecule has 1 amide bonds. The van der Waals surface area contributed by atoms with Crippen LogP contribution in [0.2, 0.25) is 0 Å². The largest absolute Gasteiger partial charge is 0.497 e. The third-order valence-corrected chi connectivity index (χ3v) is 3.85. The fraction of sp³-hybridized carbons (Fsp3) is 0.562. The molecule has 0 atom stereocenters. The molecule has 1 aromatic carbocycles. The summed E-state index contributed by atoms with van der Waals surface area (Å²) in [5, 5.41) is 2.92. The number of amides is 1. The number of methoxy groups -OCH3 is 1. The van der Waals surface area contributed by atoms with E-state index in [2.05, 4.69) is 22.3 Å². The summed E-state index contributed by atoms with van der Waals surface area (Å²) in [6.07, 6.45) is 1.91. The Hall–Kier alpha value is -1.55. The first-order chi connectivity index (χ1) is 9.72. The van der Waals surface area contributed by atoms with Crippen LogP contribution in [-0.2, 0) is 11.3 Å². The molecule has 0 radical (unpaired) electrons. The van der Waals surface area contributed by atoms with Gasteiger partial charge in [-0.2, -0.15) is 0 Å². The number of carbonyl (C=O) groups is 1. The van der Waals surface area contributed by atoms with Gasteiger partial charge in [-0.1, -0.05) is 12.1 Å². The van der Waals surface area contributed by atoms with Crippen LogP contribution in [0.25, 0.3) is 0 Å². The molecular formula is C16H24N2O2. The Labute approximate surface area is 121 Å². The summed E-state index contributed by atoms with van der Waals surface area (Å²) in [4.78, 5) is 14.2. The van der Waals surface area contributed by atoms with Gasteiger partial charge in [0.25, 0.3) is 0 Å². The quantitative estimate of drug-likeness (QED) is 0.895. The second-order valence-corrected chi connectivity index (χ2v) is 5.30. The average Bonchev–Trinajstić information content (AvgIpc) is 2.48. The first kappa shape index (κ1) is 14.9. The van der Waals surface area contributed by atoms with Crippen LogP contribution in [0.3, 0.4) is 0 Å². The van der Waals surface area contributed by atoms with Gasteiger partial charge in [-0.05, 0) is 50.6 Å². The summed E-state index contributed by atoms with van der Waals surface area (Å²) in [7, 11) is 1.69. The number of carbonyl (C=O) groups excluding carboxylic acids is 1. The Kier molecular flexibility index (Phi) is 5.41. The fourth-order valence-electron chi connectivity index (χ4n) is 2.70. The third kappa shape index (κ3) is 3.97. The molecule has 1 aliphatic rings. The first-order valence-electron chi connectivity index (χ1n) is 7.36. The van der Waals surface area contributed by atoms with Crippen molar-refractivity contribution in [1.29, 1.82) is 0 Å². The number of hydrogen-bond donors (Lipinski definition) is 1. The molecule has 20 heavy (non-hydrogen) atoms. The van der Waals surface area contributed by atoms with Crippen molar-refractivity contribution in [2.24, 2.45) is 5.92 Å². The molecule has 110 valence electrons. The van der Waals surface area contributed by atoms with Crippen molar-refractivity contribution in [1.82, 2.24) is 10.2 Å². The molecule has 4 heteroatoms. The molecule has 1 aromatic rings. The summed E-state index contributed by atoms with van der Waals surface area (Å²) in [6.45, 7) is 5.59. The third-order valence-electron chi connectivity index (χ3n) is 3.85. The van der Waals surface area contributed by atoms with Crippen molar-refractivity contribution in [3.05, 3.63) is 29.8 Å². The highest BCUT2D eigenvalue weighted by atomic mass is 16.5. The maximum Gasteiger partial charge on any atom is 0.223 e. The van der Waals surface area contributed by atoms with Gasteiger partial charge in [-0.3, -0.25) is 9.69 Å². The predicted molar refractivity (Wildman–Crippen MR) is 79.7 cm³/mol. The highest BCUT2D eigenvalue weighted by molar-refractivity contribution is 5.78. The number of likely N-dealkylation sites (tertiary alicyclic amines) is 1. The molecule has 4 nitrogen and oxygen atoms in total. The number of ether oxygens (including phenoxy) is 1. The van der Waals surface area contributed by atoms with Gasteiger partial charge in [0.1, 0.15) is 5.75 Å². The van der Waals surface area contributed by atoms with E-state index in [1.807, 2.05) is 19.1 Å². The zero-order valence-electron chi connectivity index (χ0n) is 12.4. The molecule has 0 spiro atoms. The Morgan fingerprint density at radius 1 is 1.40 bits per heavy atom. The van der Waals surface area contributed by atoms with E-state index >= 15 is 0 Å². The molecule has 0 saturated carbocycles. The lowest BCUT2D eigenvalue weighted by Crippen LogP contribution is -2.40. The maximum atomic E-state index is 11.8. The van der Waals surface area contributed by atoms with Crippen LogP contribution in [0.15, 0.2) is 24.3 Å². The summed E-state index contributed by atoms with van der Waals surface area (Å²) < 4.78 is 5.25. The minimum Gasteiger partial charge on any atom is -0.497 e. The smallest absolute Gasteiger partial charge is 0.223 e. The van der Waals surface area contributed by atoms with E-state index in [1.165, 1.54) is 5.56 Å². The average molecular weight is 276 g/mol. The summed E-state index contributed by atoms with van der Waals surface area (Å²) in [5.74, 6) is 1.31. The highest BCUT2D eigenvalue weighted by Gasteiger charge is 2.24. The lowest BCUT2D eigenvalue weighted by Gasteiger charge is -2.31. The molecule has 2 rings (SSSR count). The van der Waals surface area contributed by atoms with E-state index < -0.39 is 0 Å². The van der Waals surface area contributed by atoms with Crippen molar-refractivity contribution < 1.29 is 9.53 Å². The topological polar surface area (TPSA) is 41.6 Å². The maximum absolute atomic E-state index is 11.8. The second kappa shape index (κ2) is 7.29. The van der Waals surface area contributed by atoms with Gasteiger partial charge >= 0.3 is 0 Å². The van der Waals surface area contributed by atoms with Crippen molar-refractivity contribution in [3.63, 3.8) is 0 Å². The van der Waals surface area contributed by atoms with E-state index in [9.17, 15) is 4.79 Å². The predicted octanol–water partition coefficient (Wildman–Crippen LogP) is 2.04. The van der Waals surface area contributed by atoms with Crippen LogP contribution >= 0.6 is 0 Å². The van der Waals surface area contributed by atoms with Gasteiger partial charge in [0.2, 0.25) is 5.91 Å². The molecule has 0 aliphatic carbocycles. The van der Waals surface area contributed by atoms with Gasteiger partial charge < -0.3 is 10.1 Å². The monoisotopic (exact) mass is 276 g/mol. The summed E-state index contributed by atoms with van der Waals surface area (Å²) in [5.41, 5.74) is 1.26. The molecule has 1 saturated heterocycles. The van der Waals surface area contributed by atoms with Gasteiger partial charge in [0.15, 0.2) is 0 Å². The Morgan fingerprint density at radius 3 is 2.80 bits per heavy atom. The van der Waals surface area contributed by atoms with Gasteiger partial charge in [-0.25, -0.2) is 0 Å². The number of hydrogen-bond acceptors (Lipinski definition) is 3. The number of nitrogens with one attached hydrogen (secondary N) is 1. The summed E-state index contributed by atoms with van der Waals surface area (Å²) in [6, 6.07) is 8.19. The fourth-order valence-corrected chi connectivity index (χ4v) is 2.70. The first-order valence-corrected chi connectivity index (χ1v) is 7.36. The lowest BCUT2D eigenvalue weighted by molar-refractivity contribution is -0.126. The standard InChI is InChI=1S/C16H24N2O2/c1-3-17-16(19)14-7-9-18(10-8-14)12-13-5-4-6-15(11-13)20-2/h4-6,11,14H,3,7-10,12H2,1-2H3,(H,17,19). The van der Waals surface area contributed by atoms with Crippen molar-refractivity contribution in [2.75, 3.05) is 26.7 Å². The zero-order valence-corrected chi connectivity index (χ0v) is 12.4. The summed E-state index contributed by atoms with van der Waals surface area (Å²) >= 11 is 0. The van der Waals surface area contributed by atoms with Gasteiger partial charge in [-0.15, -0.1) is 0 Å². The number of benzene rings is 1. The van der Waals surface area contributed by atoms with E-state index in [-0.39, 0.29) is 11.8 Å². The van der Waals surface area contributed by atoms with Crippen LogP contribution in [-0.4, -0.2) is 37.6 Å². The van der Waals surface area contributed by atoms with Gasteiger partial charge in [0, 0.05) is 19.0 Å². The van der Waals surface area contributed by atoms with Gasteiger partial charge in [0.05, 0.1) is 7.11 Å². The second-order valence-electron chi connectivity index (χ2n) is 5.30. The Bertz CT molecular complexity index is 440. The van der Waals surface area contributed by atoms with E-state index in [0.717, 1.165) is 44.8 Å². The minimum atomic E-state index is 0.191. The van der Waals surface area contributed by atoms with Crippen molar-refractivity contribution in [3.8, 4) is 5.75 Å². The van der Waals surface area contributed by atoms with Crippen LogP contribution in [0.5, 0.6) is 5.75 Å². The SMILES string of the molecule is CCNC(=O)C1CCN(Cc2cccc(OC)c2)CC1. The number of nitrogens with zero attached hydrogens (tertiary/aromatic N) is 1. The van der Waals surface area contributed by atoms with Crippen LogP contribution in [0, 0.1) is 5.92 Å². The Morgan fingerprint density at radius 2 is 2.15 bits per heavy atom. The normalized spacial score (nSPS) is 16.9. The molecule has 1 aliphatic heterocycles.